The molecule has 0 aliphatic carbocycles. The average Bonchev–Trinajstić information content (AvgIpc) is 2.43. The molecule has 3 atom stereocenters. The Morgan fingerprint density at radius 3 is 2.67 bits per heavy atom. The molecule has 0 bridgehead atoms. The lowest BCUT2D eigenvalue weighted by molar-refractivity contribution is -0.122. The van der Waals surface area contributed by atoms with Crippen molar-refractivity contribution in [1.82, 2.24) is 10.2 Å². The number of carbonyl (C=O) groups is 1. The van der Waals surface area contributed by atoms with Crippen LogP contribution >= 0.6 is 12.2 Å². The minimum absolute atomic E-state index is 0.0879. The molecular weight excluding hydrogens is 282 g/mol. The number of nitrogens with two attached hydrogens (primary N) is 1. The number of carbonyl (C=O) groups excluding carboxylic acids is 1. The van der Waals surface area contributed by atoms with Gasteiger partial charge in [0.05, 0.1) is 4.99 Å². The van der Waals surface area contributed by atoms with Gasteiger partial charge in [-0.2, -0.15) is 0 Å². The van der Waals surface area contributed by atoms with Crippen molar-refractivity contribution in [1.29, 1.82) is 0 Å². The molecule has 3 N–H and O–H groups in total. The maximum atomic E-state index is 12.6. The molecule has 1 amide bonds. The van der Waals surface area contributed by atoms with E-state index in [9.17, 15) is 4.79 Å². The summed E-state index contributed by atoms with van der Waals surface area (Å²) in [6.07, 6.45) is 0.961. The van der Waals surface area contributed by atoms with Crippen LogP contribution < -0.4 is 11.1 Å². The molecule has 0 radical (unpaired) electrons. The van der Waals surface area contributed by atoms with Gasteiger partial charge in [-0.3, -0.25) is 4.79 Å². The van der Waals surface area contributed by atoms with Crippen LogP contribution in [0.15, 0.2) is 30.3 Å². The second-order valence-electron chi connectivity index (χ2n) is 5.89. The molecular formula is C16H23N3OS. The smallest absolute Gasteiger partial charge is 0.234 e. The van der Waals surface area contributed by atoms with E-state index in [0.717, 1.165) is 25.1 Å². The van der Waals surface area contributed by atoms with Crippen molar-refractivity contribution in [2.75, 3.05) is 20.1 Å². The molecule has 1 heterocycles. The van der Waals surface area contributed by atoms with E-state index in [4.69, 9.17) is 18.0 Å². The van der Waals surface area contributed by atoms with Gasteiger partial charge < -0.3 is 16.0 Å². The topological polar surface area (TPSA) is 58.4 Å². The summed E-state index contributed by atoms with van der Waals surface area (Å²) in [5, 5.41) is 3.14. The fourth-order valence-electron chi connectivity index (χ4n) is 2.92. The first kappa shape index (κ1) is 15.9. The van der Waals surface area contributed by atoms with Gasteiger partial charge in [0.2, 0.25) is 5.91 Å². The quantitative estimate of drug-likeness (QED) is 0.828. The highest BCUT2D eigenvalue weighted by Crippen LogP contribution is 2.20. The van der Waals surface area contributed by atoms with Crippen molar-refractivity contribution < 1.29 is 4.79 Å². The van der Waals surface area contributed by atoms with Gasteiger partial charge in [0, 0.05) is 12.6 Å². The lowest BCUT2D eigenvalue weighted by Crippen LogP contribution is -2.51. The van der Waals surface area contributed by atoms with Gasteiger partial charge in [0.25, 0.3) is 0 Å². The first-order valence-electron chi connectivity index (χ1n) is 7.32. The number of hydrogen-bond donors (Lipinski definition) is 2. The molecule has 1 fully saturated rings. The zero-order chi connectivity index (χ0) is 15.4. The first-order valence-corrected chi connectivity index (χ1v) is 7.73. The minimum atomic E-state index is -0.548. The number of thiocarbonyl (C=S) groups is 1. The van der Waals surface area contributed by atoms with Crippen LogP contribution in [0.1, 0.15) is 24.8 Å². The van der Waals surface area contributed by atoms with Crippen LogP contribution in [0.2, 0.25) is 0 Å². The lowest BCUT2D eigenvalue weighted by atomic mass is 9.92. The Kier molecular flexibility index (Phi) is 5.31. The van der Waals surface area contributed by atoms with E-state index in [1.165, 1.54) is 0 Å². The number of piperidine rings is 1. The second kappa shape index (κ2) is 7.00. The van der Waals surface area contributed by atoms with Gasteiger partial charge in [-0.05, 0) is 31.5 Å². The van der Waals surface area contributed by atoms with Gasteiger partial charge in [-0.25, -0.2) is 0 Å². The highest BCUT2D eigenvalue weighted by molar-refractivity contribution is 7.80. The molecule has 1 aromatic rings. The third-order valence-electron chi connectivity index (χ3n) is 4.12. The molecule has 0 spiro atoms. The Morgan fingerprint density at radius 2 is 2.10 bits per heavy atom. The summed E-state index contributed by atoms with van der Waals surface area (Å²) in [7, 11) is 2.11. The van der Waals surface area contributed by atoms with Crippen molar-refractivity contribution in [2.24, 2.45) is 11.7 Å². The number of nitrogens with one attached hydrogen (secondary N) is 1. The number of hydrogen-bond acceptors (Lipinski definition) is 3. The molecule has 0 saturated carbocycles. The van der Waals surface area contributed by atoms with Crippen molar-refractivity contribution >= 4 is 23.1 Å². The largest absolute Gasteiger partial charge is 0.392 e. The summed E-state index contributed by atoms with van der Waals surface area (Å²) in [5.41, 5.74) is 6.64. The summed E-state index contributed by atoms with van der Waals surface area (Å²) in [5.74, 6) is -0.210. The first-order chi connectivity index (χ1) is 9.99. The molecule has 2 rings (SSSR count). The molecule has 1 aromatic carbocycles. The van der Waals surface area contributed by atoms with E-state index in [0.29, 0.717) is 5.92 Å². The third-order valence-corrected chi connectivity index (χ3v) is 4.35. The van der Waals surface area contributed by atoms with E-state index in [1.54, 1.807) is 0 Å². The van der Waals surface area contributed by atoms with Crippen LogP contribution in [0.4, 0.5) is 0 Å². The van der Waals surface area contributed by atoms with Crippen LogP contribution in [0.5, 0.6) is 0 Å². The number of rotatable bonds is 4. The maximum Gasteiger partial charge on any atom is 0.234 e. The minimum Gasteiger partial charge on any atom is -0.392 e. The molecule has 114 valence electrons. The monoisotopic (exact) mass is 305 g/mol. The summed E-state index contributed by atoms with van der Waals surface area (Å²) in [6, 6.07) is 9.67. The van der Waals surface area contributed by atoms with Crippen LogP contribution in [0.3, 0.4) is 0 Å². The summed E-state index contributed by atoms with van der Waals surface area (Å²) in [4.78, 5) is 15.1. The standard InChI is InChI=1S/C16H23N3OS/c1-11-10-19(2)9-8-13(11)18-16(20)14(15(17)21)12-6-4-3-5-7-12/h3-7,11,13-14H,8-10H2,1-2H3,(H2,17,21)(H,18,20). The Bertz CT molecular complexity index is 506. The van der Waals surface area contributed by atoms with E-state index in [2.05, 4.69) is 24.2 Å². The highest BCUT2D eigenvalue weighted by Gasteiger charge is 2.30. The molecule has 1 aliphatic heterocycles. The van der Waals surface area contributed by atoms with Crippen molar-refractivity contribution in [2.45, 2.75) is 25.3 Å². The van der Waals surface area contributed by atoms with Gasteiger partial charge in [0.15, 0.2) is 0 Å². The number of benzene rings is 1. The fraction of sp³-hybridized carbons (Fsp3) is 0.500. The van der Waals surface area contributed by atoms with Gasteiger partial charge in [-0.1, -0.05) is 49.5 Å². The molecule has 0 aromatic heterocycles. The SMILES string of the molecule is CC1CN(C)CCC1NC(=O)C(C(N)=S)c1ccccc1. The predicted molar refractivity (Wildman–Crippen MR) is 89.2 cm³/mol. The molecule has 4 nitrogen and oxygen atoms in total. The summed E-state index contributed by atoms with van der Waals surface area (Å²) < 4.78 is 0. The average molecular weight is 305 g/mol. The number of likely N-dealkylation sites (tertiary alicyclic amines) is 1. The number of amides is 1. The van der Waals surface area contributed by atoms with Crippen LogP contribution in [-0.2, 0) is 4.79 Å². The normalized spacial score (nSPS) is 24.3. The van der Waals surface area contributed by atoms with E-state index in [-0.39, 0.29) is 16.9 Å². The maximum absolute atomic E-state index is 12.6. The molecule has 1 saturated heterocycles. The van der Waals surface area contributed by atoms with E-state index < -0.39 is 5.92 Å². The van der Waals surface area contributed by atoms with Crippen LogP contribution in [0.25, 0.3) is 0 Å². The molecule has 1 aliphatic rings. The molecule has 3 unspecified atom stereocenters. The van der Waals surface area contributed by atoms with E-state index >= 15 is 0 Å². The lowest BCUT2D eigenvalue weighted by Gasteiger charge is -2.35. The third kappa shape index (κ3) is 4.02. The summed E-state index contributed by atoms with van der Waals surface area (Å²) >= 11 is 5.10. The fourth-order valence-corrected chi connectivity index (χ4v) is 3.17. The van der Waals surface area contributed by atoms with E-state index in [1.807, 2.05) is 30.3 Å². The van der Waals surface area contributed by atoms with Crippen molar-refractivity contribution in [3.05, 3.63) is 35.9 Å². The van der Waals surface area contributed by atoms with Gasteiger partial charge >= 0.3 is 0 Å². The van der Waals surface area contributed by atoms with Gasteiger partial charge in [-0.15, -0.1) is 0 Å². The highest BCUT2D eigenvalue weighted by atomic mass is 32.1. The van der Waals surface area contributed by atoms with Gasteiger partial charge in [0.1, 0.15) is 5.92 Å². The summed E-state index contributed by atoms with van der Waals surface area (Å²) in [6.45, 7) is 4.16. The van der Waals surface area contributed by atoms with Crippen LogP contribution in [0, 0.1) is 5.92 Å². The zero-order valence-corrected chi connectivity index (χ0v) is 13.4. The molecule has 21 heavy (non-hydrogen) atoms. The Balaban J connectivity index is 2.08. The Morgan fingerprint density at radius 1 is 1.43 bits per heavy atom. The Hall–Kier alpha value is -1.46. The zero-order valence-electron chi connectivity index (χ0n) is 12.6. The van der Waals surface area contributed by atoms with Crippen molar-refractivity contribution in [3.63, 3.8) is 0 Å². The predicted octanol–water partition coefficient (Wildman–Crippen LogP) is 1.51. The number of nitrogens with zero attached hydrogens (tertiary/aromatic N) is 1. The van der Waals surface area contributed by atoms with Crippen molar-refractivity contribution in [3.8, 4) is 0 Å². The van der Waals surface area contributed by atoms with Crippen LogP contribution in [-0.4, -0.2) is 42.0 Å². The Labute approximate surface area is 131 Å². The second-order valence-corrected chi connectivity index (χ2v) is 6.36. The molecule has 5 heteroatoms.